The summed E-state index contributed by atoms with van der Waals surface area (Å²) in [6.45, 7) is 4.33. The molecule has 1 aromatic heterocycles. The van der Waals surface area contributed by atoms with E-state index in [0.717, 1.165) is 56.9 Å². The van der Waals surface area contributed by atoms with Crippen LogP contribution in [0.5, 0.6) is 5.75 Å². The van der Waals surface area contributed by atoms with Gasteiger partial charge in [-0.2, -0.15) is 4.98 Å². The summed E-state index contributed by atoms with van der Waals surface area (Å²) in [4.78, 5) is 23.9. The highest BCUT2D eigenvalue weighted by molar-refractivity contribution is 6.33. The number of piperazine rings is 1. The number of aromatic nitrogens is 2. The molecule has 0 bridgehead atoms. The highest BCUT2D eigenvalue weighted by Gasteiger charge is 2.26. The Morgan fingerprint density at radius 3 is 2.74 bits per heavy atom. The number of halogens is 1. The van der Waals surface area contributed by atoms with Crippen LogP contribution in [0.15, 0.2) is 42.6 Å². The number of anilines is 4. The van der Waals surface area contributed by atoms with Crippen molar-refractivity contribution in [2.45, 2.75) is 31.7 Å². The van der Waals surface area contributed by atoms with Crippen molar-refractivity contribution in [1.29, 1.82) is 0 Å². The average molecular weight is 536 g/mol. The van der Waals surface area contributed by atoms with Crippen LogP contribution >= 0.6 is 11.6 Å². The highest BCUT2D eigenvalue weighted by Crippen LogP contribution is 2.38. The van der Waals surface area contributed by atoms with E-state index in [1.165, 1.54) is 23.7 Å². The topological polar surface area (TPSA) is 103 Å². The Kier molecular flexibility index (Phi) is 8.26. The van der Waals surface area contributed by atoms with Crippen LogP contribution in [0.3, 0.4) is 0 Å². The van der Waals surface area contributed by atoms with Crippen molar-refractivity contribution in [2.75, 3.05) is 51.0 Å². The van der Waals surface area contributed by atoms with Gasteiger partial charge in [-0.1, -0.05) is 29.8 Å². The third-order valence-corrected chi connectivity index (χ3v) is 7.57. The van der Waals surface area contributed by atoms with Crippen LogP contribution in [-0.4, -0.2) is 67.2 Å². The summed E-state index contributed by atoms with van der Waals surface area (Å²) in [7, 11) is 3.31. The van der Waals surface area contributed by atoms with Crippen molar-refractivity contribution < 1.29 is 9.53 Å². The van der Waals surface area contributed by atoms with Crippen molar-refractivity contribution >= 4 is 40.6 Å². The number of nitrogens with one attached hydrogen (secondary N) is 4. The number of para-hydroxylation sites is 1. The Balaban J connectivity index is 1.38. The molecule has 200 valence electrons. The van der Waals surface area contributed by atoms with Gasteiger partial charge < -0.3 is 26.0 Å². The van der Waals surface area contributed by atoms with Crippen LogP contribution in [0.25, 0.3) is 0 Å². The fraction of sp³-hybridized carbons (Fsp3) is 0.393. The van der Waals surface area contributed by atoms with Gasteiger partial charge in [0.15, 0.2) is 5.82 Å². The summed E-state index contributed by atoms with van der Waals surface area (Å²) in [5.41, 5.74) is 4.50. The Morgan fingerprint density at radius 2 is 1.95 bits per heavy atom. The molecule has 1 saturated heterocycles. The zero-order chi connectivity index (χ0) is 26.5. The second kappa shape index (κ2) is 12.0. The Hall–Kier alpha value is -3.40. The lowest BCUT2D eigenvalue weighted by Gasteiger charge is -2.34. The zero-order valence-corrected chi connectivity index (χ0v) is 22.6. The van der Waals surface area contributed by atoms with Crippen LogP contribution < -0.4 is 26.0 Å². The first-order valence-electron chi connectivity index (χ1n) is 13.1. The van der Waals surface area contributed by atoms with Crippen LogP contribution in [0, 0.1) is 0 Å². The molecule has 2 aromatic carbocycles. The minimum Gasteiger partial charge on any atom is -0.494 e. The van der Waals surface area contributed by atoms with E-state index in [-0.39, 0.29) is 5.91 Å². The van der Waals surface area contributed by atoms with Crippen LogP contribution in [0.1, 0.15) is 34.3 Å². The summed E-state index contributed by atoms with van der Waals surface area (Å²) >= 11 is 6.42. The lowest BCUT2D eigenvalue weighted by Crippen LogP contribution is -2.49. The number of hydrogen-bond donors (Lipinski definition) is 4. The van der Waals surface area contributed by atoms with E-state index in [2.05, 4.69) is 42.2 Å². The van der Waals surface area contributed by atoms with Gasteiger partial charge in [0.2, 0.25) is 5.95 Å². The van der Waals surface area contributed by atoms with Crippen molar-refractivity contribution in [3.05, 3.63) is 64.3 Å². The van der Waals surface area contributed by atoms with Gasteiger partial charge >= 0.3 is 0 Å². The van der Waals surface area contributed by atoms with Gasteiger partial charge in [0.25, 0.3) is 5.91 Å². The minimum atomic E-state index is -0.203. The average Bonchev–Trinajstić information content (AvgIpc) is 3.18. The number of carbonyl (C=O) groups is 1. The second-order valence-electron chi connectivity index (χ2n) is 9.59. The molecule has 1 amide bonds. The monoisotopic (exact) mass is 535 g/mol. The molecular formula is C28H34ClN7O2. The van der Waals surface area contributed by atoms with Gasteiger partial charge in [0, 0.05) is 39.3 Å². The largest absolute Gasteiger partial charge is 0.494 e. The fourth-order valence-electron chi connectivity index (χ4n) is 5.38. The molecule has 1 atom stereocenters. The maximum Gasteiger partial charge on any atom is 0.253 e. The second-order valence-corrected chi connectivity index (χ2v) is 9.99. The summed E-state index contributed by atoms with van der Waals surface area (Å²) < 4.78 is 5.93. The smallest absolute Gasteiger partial charge is 0.253 e. The molecule has 5 rings (SSSR count). The molecule has 1 fully saturated rings. The molecule has 0 saturated carbocycles. The molecule has 1 aliphatic heterocycles. The molecule has 1 aliphatic carbocycles. The quantitative estimate of drug-likeness (QED) is 0.335. The zero-order valence-electron chi connectivity index (χ0n) is 21.8. The Morgan fingerprint density at radius 1 is 1.13 bits per heavy atom. The first-order valence-corrected chi connectivity index (χ1v) is 13.5. The number of fused-ring (bicyclic) bond motifs is 1. The first kappa shape index (κ1) is 26.2. The van der Waals surface area contributed by atoms with Gasteiger partial charge in [-0.15, -0.1) is 0 Å². The van der Waals surface area contributed by atoms with E-state index in [9.17, 15) is 4.79 Å². The number of amides is 1. The standard InChI is InChI=1S/C28H34ClN7O2/c1-30-27(37)21-7-3-4-9-23(21)33-26-22(29)17-32-28(35-26)34-24-11-10-18-16-19(36-14-12-31-13-15-36)6-5-8-20(18)25(24)38-2/h3-4,7,9-11,17,19,31H,5-6,8,12-16H2,1-2H3,(H,30,37)(H2,32,33,34,35). The highest BCUT2D eigenvalue weighted by atomic mass is 35.5. The van der Waals surface area contributed by atoms with E-state index in [4.69, 9.17) is 16.3 Å². The van der Waals surface area contributed by atoms with E-state index >= 15 is 0 Å². The molecule has 9 nitrogen and oxygen atoms in total. The number of benzene rings is 2. The van der Waals surface area contributed by atoms with Crippen molar-refractivity contribution in [1.82, 2.24) is 25.5 Å². The van der Waals surface area contributed by atoms with E-state index in [0.29, 0.717) is 34.1 Å². The van der Waals surface area contributed by atoms with E-state index in [1.54, 1.807) is 32.4 Å². The SMILES string of the molecule is CNC(=O)c1ccccc1Nc1nc(Nc2ccc3c(c2OC)CCCC(N2CCNCC2)C3)ncc1Cl. The number of methoxy groups -OCH3 is 1. The maximum absolute atomic E-state index is 12.3. The van der Waals surface area contributed by atoms with Crippen molar-refractivity contribution in [2.24, 2.45) is 0 Å². The lowest BCUT2D eigenvalue weighted by atomic mass is 9.99. The third kappa shape index (κ3) is 5.70. The van der Waals surface area contributed by atoms with E-state index < -0.39 is 0 Å². The fourth-order valence-corrected chi connectivity index (χ4v) is 5.52. The van der Waals surface area contributed by atoms with Gasteiger partial charge in [0.05, 0.1) is 30.2 Å². The summed E-state index contributed by atoms with van der Waals surface area (Å²) in [6.07, 6.45) is 5.85. The van der Waals surface area contributed by atoms with Crippen LogP contribution in [0.4, 0.5) is 23.1 Å². The molecule has 0 radical (unpaired) electrons. The number of nitrogens with zero attached hydrogens (tertiary/aromatic N) is 3. The van der Waals surface area contributed by atoms with Gasteiger partial charge in [-0.05, 0) is 55.0 Å². The van der Waals surface area contributed by atoms with E-state index in [1.807, 2.05) is 12.1 Å². The summed E-state index contributed by atoms with van der Waals surface area (Å²) in [5.74, 6) is 1.40. The third-order valence-electron chi connectivity index (χ3n) is 7.29. The van der Waals surface area contributed by atoms with Crippen LogP contribution in [0.2, 0.25) is 5.02 Å². The molecule has 0 spiro atoms. The summed E-state index contributed by atoms with van der Waals surface area (Å²) in [5, 5.41) is 13.0. The van der Waals surface area contributed by atoms with Gasteiger partial charge in [-0.3, -0.25) is 9.69 Å². The number of ether oxygens (including phenoxy) is 1. The number of hydrogen-bond acceptors (Lipinski definition) is 8. The molecule has 38 heavy (non-hydrogen) atoms. The van der Waals surface area contributed by atoms with Gasteiger partial charge in [-0.25, -0.2) is 4.98 Å². The normalized spacial score (nSPS) is 17.7. The molecule has 2 heterocycles. The minimum absolute atomic E-state index is 0.203. The molecule has 3 aromatic rings. The molecule has 1 unspecified atom stereocenters. The first-order chi connectivity index (χ1) is 18.6. The Bertz CT molecular complexity index is 1300. The predicted molar refractivity (Wildman–Crippen MR) is 151 cm³/mol. The molecular weight excluding hydrogens is 502 g/mol. The number of rotatable bonds is 7. The number of carbonyl (C=O) groups excluding carboxylic acids is 1. The maximum atomic E-state index is 12.3. The van der Waals surface area contributed by atoms with Crippen molar-refractivity contribution in [3.8, 4) is 5.75 Å². The Labute approximate surface area is 228 Å². The van der Waals surface area contributed by atoms with Gasteiger partial charge in [0.1, 0.15) is 10.8 Å². The van der Waals surface area contributed by atoms with Crippen LogP contribution in [-0.2, 0) is 12.8 Å². The molecule has 10 heteroatoms. The molecule has 2 aliphatic rings. The molecule has 4 N–H and O–H groups in total. The lowest BCUT2D eigenvalue weighted by molar-refractivity contribution is 0.0964. The van der Waals surface area contributed by atoms with Crippen molar-refractivity contribution in [3.63, 3.8) is 0 Å². The predicted octanol–water partition coefficient (Wildman–Crippen LogP) is 4.14. The summed E-state index contributed by atoms with van der Waals surface area (Å²) in [6, 6.07) is 12.0.